The zero-order valence-corrected chi connectivity index (χ0v) is 11.4. The van der Waals surface area contributed by atoms with Crippen LogP contribution in [0.25, 0.3) is 5.57 Å². The smallest absolute Gasteiger partial charge is 0.112 e. The van der Waals surface area contributed by atoms with Gasteiger partial charge in [0, 0.05) is 19.7 Å². The summed E-state index contributed by atoms with van der Waals surface area (Å²) >= 11 is 6.46. The maximum Gasteiger partial charge on any atom is 0.112 e. The number of hydrogen-bond acceptors (Lipinski definition) is 1. The highest BCUT2D eigenvalue weighted by atomic mass is 35.5. The summed E-state index contributed by atoms with van der Waals surface area (Å²) in [6.45, 7) is 0. The molecule has 2 rings (SSSR count). The lowest BCUT2D eigenvalue weighted by atomic mass is 9.99. The van der Waals surface area contributed by atoms with Crippen LogP contribution in [0.15, 0.2) is 65.8 Å². The van der Waals surface area contributed by atoms with E-state index in [1.807, 2.05) is 55.4 Å². The van der Waals surface area contributed by atoms with Crippen molar-refractivity contribution in [2.45, 2.75) is 0 Å². The summed E-state index contributed by atoms with van der Waals surface area (Å²) in [5, 5.41) is 0.743. The van der Waals surface area contributed by atoms with Gasteiger partial charge in [-0.3, -0.25) is 0 Å². The second-order valence-electron chi connectivity index (χ2n) is 4.29. The van der Waals surface area contributed by atoms with Crippen LogP contribution >= 0.6 is 11.6 Å². The maximum absolute atomic E-state index is 6.46. The molecule has 0 heterocycles. The highest BCUT2D eigenvalue weighted by Gasteiger charge is 2.11. The average Bonchev–Trinajstić information content (AvgIpc) is 2.41. The van der Waals surface area contributed by atoms with Gasteiger partial charge in [-0.05, 0) is 11.1 Å². The van der Waals surface area contributed by atoms with Gasteiger partial charge in [0.15, 0.2) is 0 Å². The Balaban J connectivity index is 2.60. The van der Waals surface area contributed by atoms with Crippen LogP contribution in [0, 0.1) is 0 Å². The van der Waals surface area contributed by atoms with E-state index in [0.29, 0.717) is 0 Å². The summed E-state index contributed by atoms with van der Waals surface area (Å²) in [6.07, 6.45) is 0. The van der Waals surface area contributed by atoms with Gasteiger partial charge in [-0.2, -0.15) is 0 Å². The second-order valence-corrected chi connectivity index (χ2v) is 4.65. The van der Waals surface area contributed by atoms with E-state index >= 15 is 0 Å². The fourth-order valence-corrected chi connectivity index (χ4v) is 2.06. The first-order valence-corrected chi connectivity index (χ1v) is 6.26. The van der Waals surface area contributed by atoms with Gasteiger partial charge in [-0.15, -0.1) is 0 Å². The Morgan fingerprint density at radius 2 is 1.17 bits per heavy atom. The highest BCUT2D eigenvalue weighted by Crippen LogP contribution is 2.29. The van der Waals surface area contributed by atoms with Crippen LogP contribution in [-0.2, 0) is 0 Å². The van der Waals surface area contributed by atoms with Crippen molar-refractivity contribution in [3.05, 3.63) is 76.9 Å². The van der Waals surface area contributed by atoms with Crippen LogP contribution in [0.1, 0.15) is 11.1 Å². The molecule has 0 atom stereocenters. The Hall–Kier alpha value is -1.73. The molecule has 1 nitrogen and oxygen atoms in total. The van der Waals surface area contributed by atoms with Crippen LogP contribution < -0.4 is 0 Å². The van der Waals surface area contributed by atoms with E-state index in [1.54, 1.807) is 0 Å². The fourth-order valence-electron chi connectivity index (χ4n) is 1.84. The lowest BCUT2D eigenvalue weighted by Gasteiger charge is -2.17. The molecule has 0 aromatic heterocycles. The summed E-state index contributed by atoms with van der Waals surface area (Å²) in [6, 6.07) is 20.4. The quantitative estimate of drug-likeness (QED) is 0.745. The summed E-state index contributed by atoms with van der Waals surface area (Å²) < 4.78 is 0. The van der Waals surface area contributed by atoms with Crippen molar-refractivity contribution < 1.29 is 0 Å². The van der Waals surface area contributed by atoms with Gasteiger partial charge in [0.05, 0.1) is 0 Å². The minimum absolute atomic E-state index is 0.743. The zero-order valence-electron chi connectivity index (χ0n) is 10.6. The Labute approximate surface area is 113 Å². The van der Waals surface area contributed by atoms with Gasteiger partial charge in [0.25, 0.3) is 0 Å². The standard InChI is InChI=1S/C16H16ClN/c1-18(2)16(17)15(13-9-5-3-6-10-13)14-11-7-4-8-12-14/h3-12H,1-2H3. The van der Waals surface area contributed by atoms with Gasteiger partial charge in [-0.1, -0.05) is 72.3 Å². The van der Waals surface area contributed by atoms with Crippen molar-refractivity contribution in [3.63, 3.8) is 0 Å². The van der Waals surface area contributed by atoms with Crippen molar-refractivity contribution in [1.29, 1.82) is 0 Å². The third-order valence-corrected chi connectivity index (χ3v) is 3.25. The van der Waals surface area contributed by atoms with Crippen molar-refractivity contribution in [3.8, 4) is 0 Å². The summed E-state index contributed by atoms with van der Waals surface area (Å²) in [5.41, 5.74) is 3.31. The molecule has 18 heavy (non-hydrogen) atoms. The molecule has 92 valence electrons. The molecule has 0 bridgehead atoms. The van der Waals surface area contributed by atoms with Crippen molar-refractivity contribution >= 4 is 17.2 Å². The third-order valence-electron chi connectivity index (χ3n) is 2.72. The molecule has 0 amide bonds. The van der Waals surface area contributed by atoms with Gasteiger partial charge < -0.3 is 4.90 Å². The molecule has 0 fully saturated rings. The second kappa shape index (κ2) is 5.74. The molecule has 0 N–H and O–H groups in total. The molecule has 0 unspecified atom stereocenters. The van der Waals surface area contributed by atoms with Gasteiger partial charge in [-0.25, -0.2) is 0 Å². The molecular weight excluding hydrogens is 242 g/mol. The highest BCUT2D eigenvalue weighted by molar-refractivity contribution is 6.33. The van der Waals surface area contributed by atoms with Crippen LogP contribution in [0.2, 0.25) is 0 Å². The molecule has 0 radical (unpaired) electrons. The zero-order chi connectivity index (χ0) is 13.0. The third kappa shape index (κ3) is 2.74. The Morgan fingerprint density at radius 1 is 0.778 bits per heavy atom. The van der Waals surface area contributed by atoms with Gasteiger partial charge in [0.2, 0.25) is 0 Å². The first-order valence-electron chi connectivity index (χ1n) is 5.88. The number of halogens is 1. The molecule has 0 aliphatic heterocycles. The molecule has 0 spiro atoms. The van der Waals surface area contributed by atoms with Crippen molar-refractivity contribution in [2.24, 2.45) is 0 Å². The SMILES string of the molecule is CN(C)C(Cl)=C(c1ccccc1)c1ccccc1. The molecule has 2 aromatic carbocycles. The Bertz CT molecular complexity index is 488. The molecule has 2 aromatic rings. The van der Waals surface area contributed by atoms with E-state index in [2.05, 4.69) is 24.3 Å². The van der Waals surface area contributed by atoms with E-state index in [9.17, 15) is 0 Å². The van der Waals surface area contributed by atoms with Gasteiger partial charge >= 0.3 is 0 Å². The maximum atomic E-state index is 6.46. The van der Waals surface area contributed by atoms with E-state index in [4.69, 9.17) is 11.6 Å². The summed E-state index contributed by atoms with van der Waals surface area (Å²) in [7, 11) is 3.91. The van der Waals surface area contributed by atoms with E-state index in [0.717, 1.165) is 21.9 Å². The lowest BCUT2D eigenvalue weighted by molar-refractivity contribution is 0.549. The monoisotopic (exact) mass is 257 g/mol. The normalized spacial score (nSPS) is 9.94. The van der Waals surface area contributed by atoms with E-state index < -0.39 is 0 Å². The van der Waals surface area contributed by atoms with E-state index in [1.165, 1.54) is 0 Å². The Morgan fingerprint density at radius 3 is 1.50 bits per heavy atom. The first-order chi connectivity index (χ1) is 8.70. The summed E-state index contributed by atoms with van der Waals surface area (Å²) in [5.74, 6) is 0. The lowest BCUT2D eigenvalue weighted by Crippen LogP contribution is -2.09. The van der Waals surface area contributed by atoms with Crippen LogP contribution in [-0.4, -0.2) is 19.0 Å². The van der Waals surface area contributed by atoms with Crippen LogP contribution in [0.3, 0.4) is 0 Å². The summed E-state index contributed by atoms with van der Waals surface area (Å²) in [4.78, 5) is 1.93. The number of nitrogens with zero attached hydrogens (tertiary/aromatic N) is 1. The van der Waals surface area contributed by atoms with Crippen molar-refractivity contribution in [1.82, 2.24) is 4.90 Å². The predicted molar refractivity (Wildman–Crippen MR) is 78.4 cm³/mol. The first kappa shape index (κ1) is 12.7. The minimum Gasteiger partial charge on any atom is -0.368 e. The molecule has 2 heteroatoms. The molecule has 0 aliphatic rings. The average molecular weight is 258 g/mol. The molecule has 0 aliphatic carbocycles. The fraction of sp³-hybridized carbons (Fsp3) is 0.125. The number of hydrogen-bond donors (Lipinski definition) is 0. The number of benzene rings is 2. The van der Waals surface area contributed by atoms with Crippen molar-refractivity contribution in [2.75, 3.05) is 14.1 Å². The molecule has 0 saturated carbocycles. The molecular formula is C16H16ClN. The van der Waals surface area contributed by atoms with Gasteiger partial charge in [0.1, 0.15) is 5.16 Å². The largest absolute Gasteiger partial charge is 0.368 e. The van der Waals surface area contributed by atoms with Crippen LogP contribution in [0.5, 0.6) is 0 Å². The Kier molecular flexibility index (Phi) is 4.06. The molecule has 0 saturated heterocycles. The predicted octanol–water partition coefficient (Wildman–Crippen LogP) is 4.20. The minimum atomic E-state index is 0.743. The van der Waals surface area contributed by atoms with Crippen LogP contribution in [0.4, 0.5) is 0 Å². The topological polar surface area (TPSA) is 3.24 Å². The number of rotatable bonds is 3. The van der Waals surface area contributed by atoms with E-state index in [-0.39, 0.29) is 0 Å².